The molecule has 0 saturated heterocycles. The lowest BCUT2D eigenvalue weighted by Gasteiger charge is -1.99. The van der Waals surface area contributed by atoms with Crippen molar-refractivity contribution in [1.29, 1.82) is 0 Å². The van der Waals surface area contributed by atoms with Crippen LogP contribution in [0.1, 0.15) is 16.1 Å². The number of nitrogens with zero attached hydrogens (tertiary/aromatic N) is 3. The Morgan fingerprint density at radius 2 is 2.36 bits per heavy atom. The molecule has 2 aromatic heterocycles. The number of nitrogens with two attached hydrogens (primary N) is 1. The van der Waals surface area contributed by atoms with Crippen molar-refractivity contribution in [3.63, 3.8) is 0 Å². The standard InChI is InChI=1S/C8H8N4O2/c1-4-2-6(9)11-7-5(8(13)14)3-10-12(4)7/h2-3H,1H3,(H2,9,11)(H,13,14). The van der Waals surface area contributed by atoms with E-state index in [2.05, 4.69) is 10.1 Å². The molecule has 0 aliphatic rings. The van der Waals surface area contributed by atoms with Crippen LogP contribution in [0.3, 0.4) is 0 Å². The molecule has 3 N–H and O–H groups in total. The summed E-state index contributed by atoms with van der Waals surface area (Å²) >= 11 is 0. The third kappa shape index (κ3) is 1.08. The van der Waals surface area contributed by atoms with E-state index in [-0.39, 0.29) is 17.0 Å². The van der Waals surface area contributed by atoms with Gasteiger partial charge >= 0.3 is 5.97 Å². The minimum atomic E-state index is -1.06. The van der Waals surface area contributed by atoms with E-state index in [0.717, 1.165) is 5.69 Å². The fourth-order valence-corrected chi connectivity index (χ4v) is 1.29. The van der Waals surface area contributed by atoms with Gasteiger partial charge in [-0.15, -0.1) is 0 Å². The average Bonchev–Trinajstić information content (AvgIpc) is 2.47. The second-order valence-electron chi connectivity index (χ2n) is 2.92. The number of carboxylic acids is 1. The molecule has 0 radical (unpaired) electrons. The van der Waals surface area contributed by atoms with Crippen molar-refractivity contribution in [2.75, 3.05) is 5.73 Å². The van der Waals surface area contributed by atoms with Gasteiger partial charge in [0, 0.05) is 11.8 Å². The third-order valence-electron chi connectivity index (χ3n) is 1.90. The Bertz CT molecular complexity index is 517. The first-order valence-electron chi connectivity index (χ1n) is 3.94. The molecule has 0 atom stereocenters. The van der Waals surface area contributed by atoms with Crippen LogP contribution in [0.5, 0.6) is 0 Å². The molecule has 0 unspecified atom stereocenters. The van der Waals surface area contributed by atoms with Gasteiger partial charge < -0.3 is 10.8 Å². The lowest BCUT2D eigenvalue weighted by molar-refractivity contribution is 0.0699. The number of nitrogen functional groups attached to an aromatic ring is 1. The number of aromatic carboxylic acids is 1. The summed E-state index contributed by atoms with van der Waals surface area (Å²) in [5.74, 6) is -0.768. The lowest BCUT2D eigenvalue weighted by Crippen LogP contribution is -2.02. The molecule has 14 heavy (non-hydrogen) atoms. The molecule has 2 aromatic rings. The minimum absolute atomic E-state index is 0.0559. The molecule has 0 aromatic carbocycles. The van der Waals surface area contributed by atoms with Crippen LogP contribution >= 0.6 is 0 Å². The zero-order valence-electron chi connectivity index (χ0n) is 7.43. The van der Waals surface area contributed by atoms with Gasteiger partial charge in [-0.05, 0) is 6.92 Å². The van der Waals surface area contributed by atoms with Gasteiger partial charge in [0.25, 0.3) is 0 Å². The highest BCUT2D eigenvalue weighted by atomic mass is 16.4. The van der Waals surface area contributed by atoms with Crippen LogP contribution in [-0.4, -0.2) is 25.7 Å². The summed E-state index contributed by atoms with van der Waals surface area (Å²) in [5, 5.41) is 12.7. The smallest absolute Gasteiger partial charge is 0.341 e. The van der Waals surface area contributed by atoms with E-state index in [1.807, 2.05) is 0 Å². The van der Waals surface area contributed by atoms with Crippen molar-refractivity contribution in [3.8, 4) is 0 Å². The van der Waals surface area contributed by atoms with Crippen molar-refractivity contribution in [3.05, 3.63) is 23.5 Å². The first kappa shape index (κ1) is 8.49. The molecule has 72 valence electrons. The number of hydrogen-bond acceptors (Lipinski definition) is 4. The maximum atomic E-state index is 10.8. The van der Waals surface area contributed by atoms with E-state index >= 15 is 0 Å². The Balaban J connectivity index is 2.85. The fourth-order valence-electron chi connectivity index (χ4n) is 1.29. The quantitative estimate of drug-likeness (QED) is 0.678. The number of hydrogen-bond donors (Lipinski definition) is 2. The van der Waals surface area contributed by atoms with Crippen molar-refractivity contribution >= 4 is 17.4 Å². The molecule has 0 fully saturated rings. The van der Waals surface area contributed by atoms with E-state index in [1.165, 1.54) is 10.7 Å². The maximum Gasteiger partial charge on any atom is 0.341 e. The molecule has 0 spiro atoms. The van der Waals surface area contributed by atoms with Crippen LogP contribution in [0.4, 0.5) is 5.82 Å². The summed E-state index contributed by atoms with van der Waals surface area (Å²) in [6.45, 7) is 1.78. The van der Waals surface area contributed by atoms with Crippen LogP contribution in [0.25, 0.3) is 5.65 Å². The third-order valence-corrected chi connectivity index (χ3v) is 1.90. The number of aryl methyl sites for hydroxylation is 1. The summed E-state index contributed by atoms with van der Waals surface area (Å²) in [6, 6.07) is 1.63. The second-order valence-corrected chi connectivity index (χ2v) is 2.92. The monoisotopic (exact) mass is 192 g/mol. The maximum absolute atomic E-state index is 10.8. The Labute approximate surface area is 79.0 Å². The van der Waals surface area contributed by atoms with Gasteiger partial charge in [0.1, 0.15) is 11.4 Å². The molecule has 0 amide bonds. The normalized spacial score (nSPS) is 10.6. The van der Waals surface area contributed by atoms with Crippen LogP contribution in [-0.2, 0) is 0 Å². The summed E-state index contributed by atoms with van der Waals surface area (Å²) in [7, 11) is 0. The summed E-state index contributed by atoms with van der Waals surface area (Å²) in [4.78, 5) is 14.7. The molecule has 6 heteroatoms. The van der Waals surface area contributed by atoms with Crippen molar-refractivity contribution in [2.45, 2.75) is 6.92 Å². The van der Waals surface area contributed by atoms with Gasteiger partial charge in [0.2, 0.25) is 0 Å². The highest BCUT2D eigenvalue weighted by Gasteiger charge is 2.13. The summed E-state index contributed by atoms with van der Waals surface area (Å²) in [6.07, 6.45) is 1.26. The zero-order valence-corrected chi connectivity index (χ0v) is 7.43. The van der Waals surface area contributed by atoms with Gasteiger partial charge in [0.05, 0.1) is 6.20 Å². The summed E-state index contributed by atoms with van der Waals surface area (Å²) < 4.78 is 1.44. The Morgan fingerprint density at radius 3 is 3.00 bits per heavy atom. The molecular weight excluding hydrogens is 184 g/mol. The largest absolute Gasteiger partial charge is 0.477 e. The van der Waals surface area contributed by atoms with Crippen LogP contribution < -0.4 is 5.73 Å². The van der Waals surface area contributed by atoms with Gasteiger partial charge in [-0.2, -0.15) is 5.10 Å². The lowest BCUT2D eigenvalue weighted by atomic mass is 10.3. The highest BCUT2D eigenvalue weighted by Crippen LogP contribution is 2.12. The molecule has 2 rings (SSSR count). The molecule has 0 aliphatic carbocycles. The van der Waals surface area contributed by atoms with Gasteiger partial charge in [-0.25, -0.2) is 14.3 Å². The topological polar surface area (TPSA) is 93.5 Å². The minimum Gasteiger partial charge on any atom is -0.477 e. The summed E-state index contributed by atoms with van der Waals surface area (Å²) in [5.41, 5.74) is 6.59. The number of rotatable bonds is 1. The van der Waals surface area contributed by atoms with Crippen molar-refractivity contribution in [2.24, 2.45) is 0 Å². The van der Waals surface area contributed by atoms with Gasteiger partial charge in [0.15, 0.2) is 5.65 Å². The van der Waals surface area contributed by atoms with Crippen LogP contribution in [0.2, 0.25) is 0 Å². The second kappa shape index (κ2) is 2.69. The molecule has 0 saturated carbocycles. The number of aromatic nitrogens is 3. The highest BCUT2D eigenvalue weighted by molar-refractivity contribution is 5.94. The Kier molecular flexibility index (Phi) is 1.63. The molecule has 0 bridgehead atoms. The van der Waals surface area contributed by atoms with E-state index in [4.69, 9.17) is 10.8 Å². The predicted molar refractivity (Wildman–Crippen MR) is 49.1 cm³/mol. The first-order chi connectivity index (χ1) is 6.59. The number of carbonyl (C=O) groups is 1. The van der Waals surface area contributed by atoms with E-state index in [0.29, 0.717) is 0 Å². The van der Waals surface area contributed by atoms with E-state index < -0.39 is 5.97 Å². The molecule has 2 heterocycles. The predicted octanol–water partition coefficient (Wildman–Crippen LogP) is 0.318. The Hall–Kier alpha value is -2.11. The first-order valence-corrected chi connectivity index (χ1v) is 3.94. The van der Waals surface area contributed by atoms with Crippen molar-refractivity contribution < 1.29 is 9.90 Å². The number of carboxylic acid groups (broad SMARTS) is 1. The average molecular weight is 192 g/mol. The molecule has 6 nitrogen and oxygen atoms in total. The number of fused-ring (bicyclic) bond motifs is 1. The van der Waals surface area contributed by atoms with Gasteiger partial charge in [-0.3, -0.25) is 0 Å². The van der Waals surface area contributed by atoms with E-state index in [1.54, 1.807) is 13.0 Å². The molecular formula is C8H8N4O2. The van der Waals surface area contributed by atoms with Crippen LogP contribution in [0.15, 0.2) is 12.3 Å². The van der Waals surface area contributed by atoms with E-state index in [9.17, 15) is 4.79 Å². The number of anilines is 1. The SMILES string of the molecule is Cc1cc(N)nc2c(C(=O)O)cnn12. The van der Waals surface area contributed by atoms with Gasteiger partial charge in [-0.1, -0.05) is 0 Å². The Morgan fingerprint density at radius 1 is 1.64 bits per heavy atom. The fraction of sp³-hybridized carbons (Fsp3) is 0.125. The molecule has 0 aliphatic heterocycles. The van der Waals surface area contributed by atoms with Crippen LogP contribution in [0, 0.1) is 6.92 Å². The van der Waals surface area contributed by atoms with Crippen molar-refractivity contribution in [1.82, 2.24) is 14.6 Å². The zero-order chi connectivity index (χ0) is 10.3.